The normalized spacial score (nSPS) is 14.9. The van der Waals surface area contributed by atoms with Gasteiger partial charge in [0, 0.05) is 28.9 Å². The van der Waals surface area contributed by atoms with E-state index in [0.717, 1.165) is 22.4 Å². The Hall–Kier alpha value is -4.00. The predicted octanol–water partition coefficient (Wildman–Crippen LogP) is 4.14. The molecule has 2 heterocycles. The van der Waals surface area contributed by atoms with Crippen LogP contribution in [0.5, 0.6) is 17.2 Å². The van der Waals surface area contributed by atoms with Gasteiger partial charge in [-0.25, -0.2) is 0 Å². The molecule has 1 atom stereocenters. The standard InChI is InChI=1S/C24H21N3O4/c1-29-19-6-4-5-18(12-19)25-24(28)16-9-10-21-17(11-16)13-27(26-21)14-20-15-30-22-7-2-3-8-23(22)31-20/h2-13,20H,14-15H2,1H3,(H,25,28). The number of aromatic nitrogens is 2. The summed E-state index contributed by atoms with van der Waals surface area (Å²) < 4.78 is 18.8. The lowest BCUT2D eigenvalue weighted by atomic mass is 10.1. The predicted molar refractivity (Wildman–Crippen MR) is 117 cm³/mol. The molecule has 1 amide bonds. The number of ether oxygens (including phenoxy) is 3. The summed E-state index contributed by atoms with van der Waals surface area (Å²) in [5, 5.41) is 8.38. The van der Waals surface area contributed by atoms with Crippen molar-refractivity contribution in [3.05, 3.63) is 78.5 Å². The largest absolute Gasteiger partial charge is 0.497 e. The van der Waals surface area contributed by atoms with Gasteiger partial charge in [-0.3, -0.25) is 9.48 Å². The van der Waals surface area contributed by atoms with Gasteiger partial charge in [0.15, 0.2) is 17.6 Å². The van der Waals surface area contributed by atoms with E-state index in [9.17, 15) is 4.79 Å². The minimum absolute atomic E-state index is 0.139. The number of amides is 1. The second-order valence-corrected chi connectivity index (χ2v) is 7.31. The second kappa shape index (κ2) is 8.02. The first-order chi connectivity index (χ1) is 15.2. The number of hydrogen-bond donors (Lipinski definition) is 1. The molecular weight excluding hydrogens is 394 g/mol. The van der Waals surface area contributed by atoms with Crippen molar-refractivity contribution < 1.29 is 19.0 Å². The zero-order valence-electron chi connectivity index (χ0n) is 16.9. The summed E-state index contributed by atoms with van der Waals surface area (Å²) in [6, 6.07) is 20.3. The number of hydrogen-bond acceptors (Lipinski definition) is 5. The third-order valence-corrected chi connectivity index (χ3v) is 5.10. The number of fused-ring (bicyclic) bond motifs is 2. The topological polar surface area (TPSA) is 74.6 Å². The molecule has 0 bridgehead atoms. The molecule has 0 saturated carbocycles. The lowest BCUT2D eigenvalue weighted by molar-refractivity contribution is 0.0760. The molecule has 31 heavy (non-hydrogen) atoms. The highest BCUT2D eigenvalue weighted by molar-refractivity contribution is 6.06. The van der Waals surface area contributed by atoms with Crippen LogP contribution >= 0.6 is 0 Å². The van der Waals surface area contributed by atoms with E-state index >= 15 is 0 Å². The summed E-state index contributed by atoms with van der Waals surface area (Å²) in [6.07, 6.45) is 1.78. The smallest absolute Gasteiger partial charge is 0.255 e. The van der Waals surface area contributed by atoms with Crippen LogP contribution in [0.15, 0.2) is 72.9 Å². The summed E-state index contributed by atoms with van der Waals surface area (Å²) in [7, 11) is 1.59. The van der Waals surface area contributed by atoms with Crippen molar-refractivity contribution in [3.63, 3.8) is 0 Å². The Morgan fingerprint density at radius 3 is 2.87 bits per heavy atom. The van der Waals surface area contributed by atoms with Crippen LogP contribution < -0.4 is 19.5 Å². The summed E-state index contributed by atoms with van der Waals surface area (Å²) >= 11 is 0. The molecule has 1 aliphatic heterocycles. The molecule has 1 unspecified atom stereocenters. The molecule has 7 nitrogen and oxygen atoms in total. The van der Waals surface area contributed by atoms with E-state index in [1.165, 1.54) is 0 Å². The number of anilines is 1. The second-order valence-electron chi connectivity index (χ2n) is 7.31. The molecule has 0 saturated heterocycles. The van der Waals surface area contributed by atoms with Crippen LogP contribution in [0.3, 0.4) is 0 Å². The first-order valence-corrected chi connectivity index (χ1v) is 9.99. The van der Waals surface area contributed by atoms with Crippen LogP contribution in [0.1, 0.15) is 10.4 Å². The van der Waals surface area contributed by atoms with Gasteiger partial charge in [-0.05, 0) is 42.5 Å². The van der Waals surface area contributed by atoms with Crippen LogP contribution in [0.25, 0.3) is 10.9 Å². The van der Waals surface area contributed by atoms with Gasteiger partial charge < -0.3 is 19.5 Å². The van der Waals surface area contributed by atoms with Crippen LogP contribution in [-0.4, -0.2) is 35.5 Å². The van der Waals surface area contributed by atoms with E-state index in [1.807, 2.05) is 65.5 Å². The molecule has 0 spiro atoms. The highest BCUT2D eigenvalue weighted by Crippen LogP contribution is 2.31. The van der Waals surface area contributed by atoms with Crippen molar-refractivity contribution in [2.75, 3.05) is 19.0 Å². The van der Waals surface area contributed by atoms with Gasteiger partial charge in [0.2, 0.25) is 0 Å². The number of methoxy groups -OCH3 is 1. The monoisotopic (exact) mass is 415 g/mol. The average Bonchev–Trinajstić information content (AvgIpc) is 3.20. The minimum Gasteiger partial charge on any atom is -0.497 e. The Morgan fingerprint density at radius 2 is 2.00 bits per heavy atom. The molecule has 156 valence electrons. The van der Waals surface area contributed by atoms with Gasteiger partial charge in [0.05, 0.1) is 19.2 Å². The van der Waals surface area contributed by atoms with Gasteiger partial charge in [-0.1, -0.05) is 18.2 Å². The summed E-state index contributed by atoms with van der Waals surface area (Å²) in [4.78, 5) is 12.7. The average molecular weight is 415 g/mol. The number of carbonyl (C=O) groups excluding carboxylic acids is 1. The van der Waals surface area contributed by atoms with Crippen LogP contribution in [0, 0.1) is 0 Å². The third kappa shape index (κ3) is 4.02. The Kier molecular flexibility index (Phi) is 4.92. The maximum atomic E-state index is 12.7. The molecule has 1 N–H and O–H groups in total. The van der Waals surface area contributed by atoms with Crippen LogP contribution in [0.2, 0.25) is 0 Å². The van der Waals surface area contributed by atoms with Gasteiger partial charge >= 0.3 is 0 Å². The van der Waals surface area contributed by atoms with Crippen molar-refractivity contribution in [2.45, 2.75) is 12.6 Å². The number of nitrogens with zero attached hydrogens (tertiary/aromatic N) is 2. The Labute approximate surface area is 179 Å². The van der Waals surface area contributed by atoms with Crippen molar-refractivity contribution in [2.24, 2.45) is 0 Å². The molecule has 1 aromatic heterocycles. The Balaban J connectivity index is 1.30. The third-order valence-electron chi connectivity index (χ3n) is 5.10. The molecule has 0 aliphatic carbocycles. The van der Waals surface area contributed by atoms with Crippen molar-refractivity contribution in [1.82, 2.24) is 9.78 Å². The lowest BCUT2D eigenvalue weighted by Gasteiger charge is -2.26. The maximum absolute atomic E-state index is 12.7. The van der Waals surface area contributed by atoms with Crippen LogP contribution in [-0.2, 0) is 6.54 Å². The molecule has 0 radical (unpaired) electrons. The van der Waals surface area contributed by atoms with E-state index in [0.29, 0.717) is 30.2 Å². The van der Waals surface area contributed by atoms with Crippen LogP contribution in [0.4, 0.5) is 5.69 Å². The summed E-state index contributed by atoms with van der Waals surface area (Å²) in [5.41, 5.74) is 2.05. The maximum Gasteiger partial charge on any atom is 0.255 e. The van der Waals surface area contributed by atoms with Crippen molar-refractivity contribution in [3.8, 4) is 17.2 Å². The number of benzene rings is 3. The van der Waals surface area contributed by atoms with E-state index < -0.39 is 0 Å². The molecule has 7 heteroatoms. The van der Waals surface area contributed by atoms with E-state index in [1.54, 1.807) is 19.2 Å². The molecule has 0 fully saturated rings. The SMILES string of the molecule is COc1cccc(NC(=O)c2ccc3nn(CC4COc5ccccc5O4)cc3c2)c1. The highest BCUT2D eigenvalue weighted by atomic mass is 16.6. The quantitative estimate of drug-likeness (QED) is 0.530. The van der Waals surface area contributed by atoms with Crippen molar-refractivity contribution in [1.29, 1.82) is 0 Å². The first kappa shape index (κ1) is 19.0. The summed E-state index contributed by atoms with van der Waals surface area (Å²) in [6.45, 7) is 1.01. The van der Waals surface area contributed by atoms with Gasteiger partial charge in [-0.15, -0.1) is 0 Å². The van der Waals surface area contributed by atoms with E-state index in [-0.39, 0.29) is 12.0 Å². The zero-order valence-corrected chi connectivity index (χ0v) is 16.9. The Morgan fingerprint density at radius 1 is 1.13 bits per heavy atom. The van der Waals surface area contributed by atoms with Gasteiger partial charge in [0.25, 0.3) is 5.91 Å². The van der Waals surface area contributed by atoms with Crippen molar-refractivity contribution >= 4 is 22.5 Å². The first-order valence-electron chi connectivity index (χ1n) is 9.99. The lowest BCUT2D eigenvalue weighted by Crippen LogP contribution is -2.33. The molecule has 4 aromatic rings. The summed E-state index contributed by atoms with van der Waals surface area (Å²) in [5.74, 6) is 2.00. The molecule has 3 aromatic carbocycles. The zero-order chi connectivity index (χ0) is 21.2. The van der Waals surface area contributed by atoms with Gasteiger partial charge in [-0.2, -0.15) is 5.10 Å². The van der Waals surface area contributed by atoms with Gasteiger partial charge in [0.1, 0.15) is 12.4 Å². The van der Waals surface area contributed by atoms with E-state index in [4.69, 9.17) is 14.2 Å². The molecule has 1 aliphatic rings. The highest BCUT2D eigenvalue weighted by Gasteiger charge is 2.21. The fraction of sp³-hybridized carbons (Fsp3) is 0.167. The number of carbonyl (C=O) groups is 1. The Bertz CT molecular complexity index is 1250. The number of nitrogens with one attached hydrogen (secondary N) is 1. The molecule has 5 rings (SSSR count). The fourth-order valence-corrected chi connectivity index (χ4v) is 3.58. The number of rotatable bonds is 5. The molecular formula is C24H21N3O4. The number of para-hydroxylation sites is 2. The van der Waals surface area contributed by atoms with E-state index in [2.05, 4.69) is 10.4 Å². The minimum atomic E-state index is -0.191. The fourth-order valence-electron chi connectivity index (χ4n) is 3.58.